The number of hydrogen-bond donors (Lipinski definition) is 2. The van der Waals surface area contributed by atoms with Crippen LogP contribution in [0.1, 0.15) is 22.3 Å². The highest BCUT2D eigenvalue weighted by Gasteiger charge is 2.48. The first-order chi connectivity index (χ1) is 11.5. The van der Waals surface area contributed by atoms with Gasteiger partial charge in [-0.3, -0.25) is 14.4 Å². The van der Waals surface area contributed by atoms with Crippen LogP contribution in [0.2, 0.25) is 0 Å². The van der Waals surface area contributed by atoms with Gasteiger partial charge in [0, 0.05) is 24.3 Å². The second-order valence-corrected chi connectivity index (χ2v) is 6.16. The number of nitrogens with zero attached hydrogens (tertiary/aromatic N) is 1. The fraction of sp³-hybridized carbons (Fsp3) is 0.471. The van der Waals surface area contributed by atoms with Gasteiger partial charge in [-0.1, -0.05) is 6.07 Å². The average molecular weight is 332 g/mol. The van der Waals surface area contributed by atoms with Crippen LogP contribution in [0.15, 0.2) is 18.2 Å². The van der Waals surface area contributed by atoms with E-state index in [1.54, 1.807) is 30.0 Å². The van der Waals surface area contributed by atoms with Crippen LogP contribution in [0.3, 0.4) is 0 Å². The number of rotatable bonds is 4. The second-order valence-electron chi connectivity index (χ2n) is 6.16. The van der Waals surface area contributed by atoms with Crippen molar-refractivity contribution in [3.05, 3.63) is 29.3 Å². The molecule has 2 aliphatic rings. The predicted molar refractivity (Wildman–Crippen MR) is 85.8 cm³/mol. The summed E-state index contributed by atoms with van der Waals surface area (Å²) in [5.41, 5.74) is 1.78. The SMILES string of the molecule is Cc1c(NC(=O)C2CC2C(=O)O)cccc1C(=O)N1CCOCC1. The van der Waals surface area contributed by atoms with Crippen molar-refractivity contribution in [2.45, 2.75) is 13.3 Å². The molecule has 0 spiro atoms. The van der Waals surface area contributed by atoms with Gasteiger partial charge in [0.25, 0.3) is 5.91 Å². The molecule has 1 aromatic carbocycles. The van der Waals surface area contributed by atoms with E-state index in [9.17, 15) is 14.4 Å². The molecule has 2 fully saturated rings. The Labute approximate surface area is 139 Å². The Morgan fingerprint density at radius 1 is 1.21 bits per heavy atom. The maximum atomic E-state index is 12.6. The van der Waals surface area contributed by atoms with Gasteiger partial charge >= 0.3 is 5.97 Å². The van der Waals surface area contributed by atoms with Crippen LogP contribution in [0.4, 0.5) is 5.69 Å². The number of carbonyl (C=O) groups is 3. The predicted octanol–water partition coefficient (Wildman–Crippen LogP) is 1.13. The zero-order chi connectivity index (χ0) is 17.3. The fourth-order valence-electron chi connectivity index (χ4n) is 2.92. The zero-order valence-electron chi connectivity index (χ0n) is 13.4. The largest absolute Gasteiger partial charge is 0.481 e. The summed E-state index contributed by atoms with van der Waals surface area (Å²) in [5, 5.41) is 11.7. The summed E-state index contributed by atoms with van der Waals surface area (Å²) in [4.78, 5) is 37.4. The Hall–Kier alpha value is -2.41. The minimum atomic E-state index is -0.942. The van der Waals surface area contributed by atoms with E-state index in [4.69, 9.17) is 9.84 Å². The van der Waals surface area contributed by atoms with Crippen LogP contribution in [-0.2, 0) is 14.3 Å². The molecule has 0 aromatic heterocycles. The smallest absolute Gasteiger partial charge is 0.307 e. The number of amides is 2. The molecule has 2 unspecified atom stereocenters. The summed E-state index contributed by atoms with van der Waals surface area (Å²) in [5.74, 6) is -2.41. The molecule has 128 valence electrons. The van der Waals surface area contributed by atoms with Crippen molar-refractivity contribution in [3.8, 4) is 0 Å². The summed E-state index contributed by atoms with van der Waals surface area (Å²) >= 11 is 0. The van der Waals surface area contributed by atoms with Gasteiger partial charge in [-0.25, -0.2) is 0 Å². The van der Waals surface area contributed by atoms with Crippen molar-refractivity contribution >= 4 is 23.5 Å². The molecule has 1 heterocycles. The molecule has 1 saturated heterocycles. The van der Waals surface area contributed by atoms with Crippen LogP contribution < -0.4 is 5.32 Å². The van der Waals surface area contributed by atoms with Crippen LogP contribution >= 0.6 is 0 Å². The summed E-state index contributed by atoms with van der Waals surface area (Å²) < 4.78 is 5.26. The fourth-order valence-corrected chi connectivity index (χ4v) is 2.92. The van der Waals surface area contributed by atoms with Crippen molar-refractivity contribution < 1.29 is 24.2 Å². The van der Waals surface area contributed by atoms with Gasteiger partial charge in [-0.15, -0.1) is 0 Å². The minimum absolute atomic E-state index is 0.0817. The number of aliphatic carboxylic acids is 1. The molecule has 1 aliphatic heterocycles. The standard InChI is InChI=1S/C17H20N2O5/c1-10-11(16(21)19-5-7-24-8-6-19)3-2-4-14(10)18-15(20)12-9-13(12)17(22)23/h2-4,12-13H,5-9H2,1H3,(H,18,20)(H,22,23). The molecule has 0 radical (unpaired) electrons. The van der Waals surface area contributed by atoms with Gasteiger partial charge in [0.05, 0.1) is 25.0 Å². The molecule has 0 bridgehead atoms. The van der Waals surface area contributed by atoms with Crippen LogP contribution in [0.5, 0.6) is 0 Å². The molecule has 7 heteroatoms. The van der Waals surface area contributed by atoms with Gasteiger partial charge in [0.1, 0.15) is 0 Å². The highest BCUT2D eigenvalue weighted by molar-refractivity contribution is 6.01. The van der Waals surface area contributed by atoms with Gasteiger partial charge in [0.15, 0.2) is 0 Å². The number of carboxylic acids is 1. The number of benzene rings is 1. The van der Waals surface area contributed by atoms with Crippen molar-refractivity contribution in [3.63, 3.8) is 0 Å². The monoisotopic (exact) mass is 332 g/mol. The first kappa shape index (κ1) is 16.4. The van der Waals surface area contributed by atoms with Crippen molar-refractivity contribution in [2.24, 2.45) is 11.8 Å². The lowest BCUT2D eigenvalue weighted by Crippen LogP contribution is -2.41. The van der Waals surface area contributed by atoms with E-state index >= 15 is 0 Å². The van der Waals surface area contributed by atoms with E-state index in [-0.39, 0.29) is 11.8 Å². The summed E-state index contributed by atoms with van der Waals surface area (Å²) in [6.07, 6.45) is 0.368. The van der Waals surface area contributed by atoms with Crippen molar-refractivity contribution in [1.82, 2.24) is 4.90 Å². The van der Waals surface area contributed by atoms with E-state index in [1.807, 2.05) is 0 Å². The maximum Gasteiger partial charge on any atom is 0.307 e. The second kappa shape index (κ2) is 6.60. The Morgan fingerprint density at radius 3 is 2.54 bits per heavy atom. The third-order valence-corrected chi connectivity index (χ3v) is 4.56. The van der Waals surface area contributed by atoms with Gasteiger partial charge in [-0.2, -0.15) is 0 Å². The third-order valence-electron chi connectivity index (χ3n) is 4.56. The topological polar surface area (TPSA) is 95.9 Å². The number of nitrogens with one attached hydrogen (secondary N) is 1. The highest BCUT2D eigenvalue weighted by Crippen LogP contribution is 2.39. The number of carboxylic acid groups (broad SMARTS) is 1. The number of hydrogen-bond acceptors (Lipinski definition) is 4. The molecule has 2 amide bonds. The highest BCUT2D eigenvalue weighted by atomic mass is 16.5. The molecular formula is C17H20N2O5. The Kier molecular flexibility index (Phi) is 4.53. The number of ether oxygens (including phenoxy) is 1. The average Bonchev–Trinajstić information content (AvgIpc) is 3.38. The molecule has 3 rings (SSSR count). The Morgan fingerprint density at radius 2 is 1.92 bits per heavy atom. The van der Waals surface area contributed by atoms with Gasteiger partial charge < -0.3 is 20.1 Å². The Balaban J connectivity index is 1.72. The summed E-state index contributed by atoms with van der Waals surface area (Å²) in [7, 11) is 0. The maximum absolute atomic E-state index is 12.6. The van der Waals surface area contributed by atoms with Crippen LogP contribution in [0, 0.1) is 18.8 Å². The van der Waals surface area contributed by atoms with Gasteiger partial charge in [-0.05, 0) is 31.0 Å². The van der Waals surface area contributed by atoms with Crippen LogP contribution in [0.25, 0.3) is 0 Å². The molecule has 1 aromatic rings. The van der Waals surface area contributed by atoms with E-state index in [0.29, 0.717) is 49.5 Å². The molecule has 2 atom stereocenters. The number of carbonyl (C=O) groups excluding carboxylic acids is 2. The minimum Gasteiger partial charge on any atom is -0.481 e. The quantitative estimate of drug-likeness (QED) is 0.861. The lowest BCUT2D eigenvalue weighted by Gasteiger charge is -2.27. The summed E-state index contributed by atoms with van der Waals surface area (Å²) in [6.45, 7) is 3.94. The lowest BCUT2D eigenvalue weighted by molar-refractivity contribution is -0.139. The molecule has 2 N–H and O–H groups in total. The van der Waals surface area contributed by atoms with E-state index in [1.165, 1.54) is 0 Å². The van der Waals surface area contributed by atoms with Crippen LogP contribution in [-0.4, -0.2) is 54.1 Å². The van der Waals surface area contributed by atoms with Crippen molar-refractivity contribution in [2.75, 3.05) is 31.6 Å². The first-order valence-electron chi connectivity index (χ1n) is 7.99. The Bertz CT molecular complexity index is 682. The zero-order valence-corrected chi connectivity index (χ0v) is 13.4. The summed E-state index contributed by atoms with van der Waals surface area (Å²) in [6, 6.07) is 5.18. The molecule has 24 heavy (non-hydrogen) atoms. The normalized spacial score (nSPS) is 22.8. The first-order valence-corrected chi connectivity index (χ1v) is 7.99. The molecule has 7 nitrogen and oxygen atoms in total. The third kappa shape index (κ3) is 3.26. The molecule has 1 aliphatic carbocycles. The van der Waals surface area contributed by atoms with E-state index in [0.717, 1.165) is 0 Å². The molecular weight excluding hydrogens is 312 g/mol. The number of morpholine rings is 1. The van der Waals surface area contributed by atoms with Gasteiger partial charge in [0.2, 0.25) is 5.91 Å². The number of anilines is 1. The van der Waals surface area contributed by atoms with E-state index in [2.05, 4.69) is 5.32 Å². The van der Waals surface area contributed by atoms with Crippen molar-refractivity contribution in [1.29, 1.82) is 0 Å². The lowest BCUT2D eigenvalue weighted by atomic mass is 10.0. The molecule has 1 saturated carbocycles. The van der Waals surface area contributed by atoms with E-state index < -0.39 is 17.8 Å².